The van der Waals surface area contributed by atoms with E-state index < -0.39 is 10.3 Å². The molecule has 1 aliphatic heterocycles. The second-order valence-corrected chi connectivity index (χ2v) is 5.50. The van der Waals surface area contributed by atoms with Gasteiger partial charge in [0.25, 0.3) is 5.69 Å². The van der Waals surface area contributed by atoms with Crippen LogP contribution in [0.1, 0.15) is 20.3 Å². The smallest absolute Gasteiger partial charge is 0.287 e. The van der Waals surface area contributed by atoms with Crippen LogP contribution in [0.25, 0.3) is 0 Å². The summed E-state index contributed by atoms with van der Waals surface area (Å²) in [5, 5.41) is 13.4. The Morgan fingerprint density at radius 2 is 2.14 bits per heavy atom. The molecule has 1 aromatic heterocycles. The lowest BCUT2D eigenvalue weighted by molar-refractivity contribution is -0.385. The summed E-state index contributed by atoms with van der Waals surface area (Å²) in [6.45, 7) is 4.09. The Kier molecular flexibility index (Phi) is 3.88. The standard InChI is InChI=1S/C13H16N4O4/c1-13(2)7-11(18)16(12(13)19)6-5-14-10-4-3-9(8-15-10)17(20)21/h3-4,8H,5-7H2,1-2H3,(H,14,15). The molecule has 8 heteroatoms. The van der Waals surface area contributed by atoms with Crippen molar-refractivity contribution in [3.8, 4) is 0 Å². The van der Waals surface area contributed by atoms with Crippen LogP contribution in [-0.2, 0) is 9.59 Å². The van der Waals surface area contributed by atoms with Gasteiger partial charge in [-0.2, -0.15) is 0 Å². The minimum absolute atomic E-state index is 0.0906. The van der Waals surface area contributed by atoms with Crippen molar-refractivity contribution < 1.29 is 14.5 Å². The number of hydrogen-bond donors (Lipinski definition) is 1. The summed E-state index contributed by atoms with van der Waals surface area (Å²) in [5.41, 5.74) is -0.727. The summed E-state index contributed by atoms with van der Waals surface area (Å²) in [4.78, 5) is 38.8. The minimum atomic E-state index is -0.636. The average Bonchev–Trinajstić information content (AvgIpc) is 2.61. The van der Waals surface area contributed by atoms with Crippen molar-refractivity contribution in [2.75, 3.05) is 18.4 Å². The molecular formula is C13H16N4O4. The van der Waals surface area contributed by atoms with Gasteiger partial charge in [-0.1, -0.05) is 13.8 Å². The molecule has 21 heavy (non-hydrogen) atoms. The second-order valence-electron chi connectivity index (χ2n) is 5.50. The highest BCUT2D eigenvalue weighted by atomic mass is 16.6. The summed E-state index contributed by atoms with van der Waals surface area (Å²) in [6.07, 6.45) is 1.37. The minimum Gasteiger partial charge on any atom is -0.368 e. The lowest BCUT2D eigenvalue weighted by Crippen LogP contribution is -2.36. The van der Waals surface area contributed by atoms with Gasteiger partial charge in [-0.3, -0.25) is 24.6 Å². The van der Waals surface area contributed by atoms with Crippen molar-refractivity contribution in [1.29, 1.82) is 0 Å². The van der Waals surface area contributed by atoms with Gasteiger partial charge < -0.3 is 5.32 Å². The van der Waals surface area contributed by atoms with E-state index in [9.17, 15) is 19.7 Å². The number of likely N-dealkylation sites (tertiary alicyclic amines) is 1. The highest BCUT2D eigenvalue weighted by Crippen LogP contribution is 2.31. The molecule has 0 spiro atoms. The van der Waals surface area contributed by atoms with Crippen LogP contribution in [0.3, 0.4) is 0 Å². The van der Waals surface area contributed by atoms with Crippen LogP contribution in [0.5, 0.6) is 0 Å². The van der Waals surface area contributed by atoms with Gasteiger partial charge >= 0.3 is 0 Å². The van der Waals surface area contributed by atoms with E-state index in [1.807, 2.05) is 0 Å². The number of nitro groups is 1. The molecule has 0 atom stereocenters. The molecular weight excluding hydrogens is 276 g/mol. The summed E-state index contributed by atoms with van der Waals surface area (Å²) in [7, 11) is 0. The lowest BCUT2D eigenvalue weighted by Gasteiger charge is -2.17. The number of nitrogens with zero attached hydrogens (tertiary/aromatic N) is 3. The van der Waals surface area contributed by atoms with E-state index in [1.54, 1.807) is 13.8 Å². The fraction of sp³-hybridized carbons (Fsp3) is 0.462. The Hall–Kier alpha value is -2.51. The number of nitrogens with one attached hydrogen (secondary N) is 1. The Bertz CT molecular complexity index is 582. The number of carbonyl (C=O) groups is 2. The van der Waals surface area contributed by atoms with Gasteiger partial charge in [0, 0.05) is 25.6 Å². The third-order valence-electron chi connectivity index (χ3n) is 3.32. The van der Waals surface area contributed by atoms with E-state index >= 15 is 0 Å². The van der Waals surface area contributed by atoms with Crippen LogP contribution in [0.4, 0.5) is 11.5 Å². The first-order chi connectivity index (χ1) is 9.81. The number of carbonyl (C=O) groups excluding carboxylic acids is 2. The molecule has 8 nitrogen and oxygen atoms in total. The third kappa shape index (κ3) is 3.15. The first-order valence-electron chi connectivity index (χ1n) is 6.50. The van der Waals surface area contributed by atoms with Gasteiger partial charge in [0.15, 0.2) is 0 Å². The van der Waals surface area contributed by atoms with E-state index in [1.165, 1.54) is 17.0 Å². The van der Waals surface area contributed by atoms with E-state index in [0.29, 0.717) is 12.4 Å². The monoisotopic (exact) mass is 292 g/mol. The quantitative estimate of drug-likeness (QED) is 0.496. The van der Waals surface area contributed by atoms with E-state index in [2.05, 4.69) is 10.3 Å². The molecule has 1 fully saturated rings. The largest absolute Gasteiger partial charge is 0.368 e. The molecule has 0 aromatic carbocycles. The Balaban J connectivity index is 1.88. The van der Waals surface area contributed by atoms with E-state index in [4.69, 9.17) is 0 Å². The molecule has 1 aromatic rings. The zero-order valence-electron chi connectivity index (χ0n) is 11.8. The molecule has 0 bridgehead atoms. The van der Waals surface area contributed by atoms with Crippen molar-refractivity contribution >= 4 is 23.3 Å². The van der Waals surface area contributed by atoms with Gasteiger partial charge in [-0.15, -0.1) is 0 Å². The van der Waals surface area contributed by atoms with Crippen molar-refractivity contribution in [2.45, 2.75) is 20.3 Å². The van der Waals surface area contributed by atoms with Gasteiger partial charge in [0.05, 0.1) is 10.3 Å². The second kappa shape index (κ2) is 5.47. The van der Waals surface area contributed by atoms with Crippen LogP contribution in [-0.4, -0.2) is 39.7 Å². The van der Waals surface area contributed by atoms with Gasteiger partial charge in [0.2, 0.25) is 11.8 Å². The highest BCUT2D eigenvalue weighted by molar-refractivity contribution is 6.05. The van der Waals surface area contributed by atoms with Crippen LogP contribution in [0, 0.1) is 15.5 Å². The van der Waals surface area contributed by atoms with Crippen molar-refractivity contribution in [3.05, 3.63) is 28.4 Å². The number of hydrogen-bond acceptors (Lipinski definition) is 6. The lowest BCUT2D eigenvalue weighted by atomic mass is 9.92. The van der Waals surface area contributed by atoms with Crippen molar-refractivity contribution in [2.24, 2.45) is 5.41 Å². The Labute approximate surface area is 121 Å². The van der Waals surface area contributed by atoms with Gasteiger partial charge in [-0.05, 0) is 6.07 Å². The van der Waals surface area contributed by atoms with Crippen molar-refractivity contribution in [1.82, 2.24) is 9.88 Å². The number of amides is 2. The zero-order valence-corrected chi connectivity index (χ0v) is 11.8. The fourth-order valence-corrected chi connectivity index (χ4v) is 2.15. The van der Waals surface area contributed by atoms with E-state index in [-0.39, 0.29) is 30.5 Å². The molecule has 2 heterocycles. The predicted octanol–water partition coefficient (Wildman–Crippen LogP) is 1.19. The molecule has 0 radical (unpaired) electrons. The number of aromatic nitrogens is 1. The zero-order chi connectivity index (χ0) is 15.6. The molecule has 0 saturated carbocycles. The number of anilines is 1. The molecule has 2 rings (SSSR count). The van der Waals surface area contributed by atoms with Crippen LogP contribution < -0.4 is 5.32 Å². The average molecular weight is 292 g/mol. The summed E-state index contributed by atoms with van der Waals surface area (Å²) < 4.78 is 0. The van der Waals surface area contributed by atoms with E-state index in [0.717, 1.165) is 6.20 Å². The molecule has 0 aliphatic carbocycles. The first-order valence-corrected chi connectivity index (χ1v) is 6.50. The van der Waals surface area contributed by atoms with Crippen molar-refractivity contribution in [3.63, 3.8) is 0 Å². The Morgan fingerprint density at radius 1 is 1.43 bits per heavy atom. The topological polar surface area (TPSA) is 105 Å². The number of pyridine rings is 1. The SMILES string of the molecule is CC1(C)CC(=O)N(CCNc2ccc([N+](=O)[O-])cn2)C1=O. The van der Waals surface area contributed by atoms with Crippen LogP contribution in [0.2, 0.25) is 0 Å². The molecule has 1 saturated heterocycles. The normalized spacial score (nSPS) is 17.1. The van der Waals surface area contributed by atoms with Crippen LogP contribution >= 0.6 is 0 Å². The third-order valence-corrected chi connectivity index (χ3v) is 3.32. The van der Waals surface area contributed by atoms with Gasteiger partial charge in [-0.25, -0.2) is 4.98 Å². The fourth-order valence-electron chi connectivity index (χ4n) is 2.15. The van der Waals surface area contributed by atoms with Gasteiger partial charge in [0.1, 0.15) is 12.0 Å². The number of rotatable bonds is 5. The predicted molar refractivity (Wildman–Crippen MR) is 74.5 cm³/mol. The molecule has 0 unspecified atom stereocenters. The summed E-state index contributed by atoms with van der Waals surface area (Å²) in [5.74, 6) is 0.105. The molecule has 2 amide bonds. The maximum Gasteiger partial charge on any atom is 0.287 e. The molecule has 112 valence electrons. The molecule has 1 aliphatic rings. The Morgan fingerprint density at radius 3 is 2.62 bits per heavy atom. The maximum atomic E-state index is 12.0. The highest BCUT2D eigenvalue weighted by Gasteiger charge is 2.44. The summed E-state index contributed by atoms with van der Waals surface area (Å²) in [6, 6.07) is 2.82. The van der Waals surface area contributed by atoms with Crippen LogP contribution in [0.15, 0.2) is 18.3 Å². The maximum absolute atomic E-state index is 12.0. The number of imide groups is 1. The summed E-state index contributed by atoms with van der Waals surface area (Å²) >= 11 is 0. The first kappa shape index (κ1) is 14.9. The molecule has 1 N–H and O–H groups in total.